The maximum Gasteiger partial charge on any atom is 0.224 e. The smallest absolute Gasteiger partial charge is 0.224 e. The Morgan fingerprint density at radius 2 is 2.04 bits per heavy atom. The number of aromatic nitrogens is 4. The molecule has 2 aromatic heterocycles. The van der Waals surface area contributed by atoms with Gasteiger partial charge in [0.05, 0.1) is 18.4 Å². The molecule has 0 unspecified atom stereocenters. The second-order valence-electron chi connectivity index (χ2n) is 4.60. The minimum atomic E-state index is -0.0778. The normalized spacial score (nSPS) is 10.5. The van der Waals surface area contributed by atoms with Crippen LogP contribution in [0.4, 0.5) is 0 Å². The van der Waals surface area contributed by atoms with Gasteiger partial charge in [-0.15, -0.1) is 5.10 Å². The maximum atomic E-state index is 12.3. The van der Waals surface area contributed by atoms with Gasteiger partial charge in [-0.05, 0) is 12.1 Å². The van der Waals surface area contributed by atoms with Gasteiger partial charge >= 0.3 is 0 Å². The van der Waals surface area contributed by atoms with Crippen molar-refractivity contribution in [2.24, 2.45) is 0 Å². The molecule has 23 heavy (non-hydrogen) atoms. The molecule has 0 spiro atoms. The first-order valence-electron chi connectivity index (χ1n) is 6.91. The summed E-state index contributed by atoms with van der Waals surface area (Å²) in [5, 5.41) is 7.53. The molecule has 2 heterocycles. The van der Waals surface area contributed by atoms with Gasteiger partial charge in [-0.3, -0.25) is 9.89 Å². The fourth-order valence-corrected chi connectivity index (χ4v) is 2.69. The Balaban J connectivity index is 1.67. The summed E-state index contributed by atoms with van der Waals surface area (Å²) >= 11 is 1.27. The minimum absolute atomic E-state index is 0.0778. The molecule has 3 rings (SSSR count). The summed E-state index contributed by atoms with van der Waals surface area (Å²) < 4.78 is 5.10. The van der Waals surface area contributed by atoms with Crippen LogP contribution < -0.4 is 4.74 Å². The van der Waals surface area contributed by atoms with Crippen molar-refractivity contribution in [2.45, 2.75) is 5.16 Å². The molecule has 0 aliphatic carbocycles. The van der Waals surface area contributed by atoms with Crippen molar-refractivity contribution >= 4 is 17.5 Å². The van der Waals surface area contributed by atoms with E-state index in [1.165, 1.54) is 18.9 Å². The third kappa shape index (κ3) is 3.57. The second kappa shape index (κ2) is 7.06. The first kappa shape index (κ1) is 15.2. The topological polar surface area (TPSA) is 80.8 Å². The molecule has 1 aromatic carbocycles. The Labute approximate surface area is 137 Å². The Bertz CT molecular complexity index is 805. The largest absolute Gasteiger partial charge is 0.480 e. The van der Waals surface area contributed by atoms with Crippen molar-refractivity contribution in [3.8, 4) is 17.3 Å². The summed E-state index contributed by atoms with van der Waals surface area (Å²) in [7, 11) is 1.49. The molecule has 0 saturated heterocycles. The number of hydrogen-bond acceptors (Lipinski definition) is 6. The predicted octanol–water partition coefficient (Wildman–Crippen LogP) is 2.85. The number of rotatable bonds is 6. The quantitative estimate of drug-likeness (QED) is 0.554. The minimum Gasteiger partial charge on any atom is -0.480 e. The zero-order valence-corrected chi connectivity index (χ0v) is 13.2. The van der Waals surface area contributed by atoms with Crippen molar-refractivity contribution in [3.63, 3.8) is 0 Å². The van der Waals surface area contributed by atoms with E-state index in [1.54, 1.807) is 18.3 Å². The van der Waals surface area contributed by atoms with Gasteiger partial charge < -0.3 is 4.74 Å². The molecule has 0 aliphatic heterocycles. The van der Waals surface area contributed by atoms with Gasteiger partial charge in [-0.25, -0.2) is 9.97 Å². The van der Waals surface area contributed by atoms with Crippen LogP contribution in [-0.2, 0) is 0 Å². The first-order valence-corrected chi connectivity index (χ1v) is 7.89. The van der Waals surface area contributed by atoms with Crippen molar-refractivity contribution in [1.82, 2.24) is 20.2 Å². The van der Waals surface area contributed by atoms with E-state index in [0.717, 1.165) is 5.56 Å². The number of methoxy groups -OCH3 is 1. The van der Waals surface area contributed by atoms with Crippen LogP contribution in [0.25, 0.3) is 11.4 Å². The van der Waals surface area contributed by atoms with Crippen LogP contribution >= 0.6 is 11.8 Å². The van der Waals surface area contributed by atoms with Gasteiger partial charge in [-0.2, -0.15) is 0 Å². The zero-order valence-electron chi connectivity index (χ0n) is 12.4. The molecule has 6 nitrogen and oxygen atoms in total. The molecular formula is C16H14N4O2S. The van der Waals surface area contributed by atoms with E-state index < -0.39 is 0 Å². The molecule has 0 fully saturated rings. The number of carbonyl (C=O) groups excluding carboxylic acids is 1. The van der Waals surface area contributed by atoms with E-state index in [2.05, 4.69) is 20.2 Å². The van der Waals surface area contributed by atoms with Crippen LogP contribution in [0.3, 0.4) is 0 Å². The SMILES string of the molecule is COc1ncccc1C(=O)CSc1n[nH]c(-c2ccccc2)n1. The van der Waals surface area contributed by atoms with E-state index in [1.807, 2.05) is 30.3 Å². The van der Waals surface area contributed by atoms with E-state index >= 15 is 0 Å². The lowest BCUT2D eigenvalue weighted by Crippen LogP contribution is -2.06. The lowest BCUT2D eigenvalue weighted by atomic mass is 10.2. The second-order valence-corrected chi connectivity index (χ2v) is 5.55. The predicted molar refractivity (Wildman–Crippen MR) is 87.7 cm³/mol. The Morgan fingerprint density at radius 1 is 1.22 bits per heavy atom. The van der Waals surface area contributed by atoms with E-state index in [4.69, 9.17) is 4.74 Å². The van der Waals surface area contributed by atoms with Crippen LogP contribution in [0, 0.1) is 0 Å². The molecule has 116 valence electrons. The number of ketones is 1. The average molecular weight is 326 g/mol. The monoisotopic (exact) mass is 326 g/mol. The van der Waals surface area contributed by atoms with Gasteiger partial charge in [0.1, 0.15) is 0 Å². The van der Waals surface area contributed by atoms with Crippen LogP contribution in [0.15, 0.2) is 53.8 Å². The third-order valence-corrected chi connectivity index (χ3v) is 3.96. The van der Waals surface area contributed by atoms with Crippen molar-refractivity contribution in [1.29, 1.82) is 0 Å². The first-order chi connectivity index (χ1) is 11.3. The molecule has 0 atom stereocenters. The molecule has 0 saturated carbocycles. The summed E-state index contributed by atoms with van der Waals surface area (Å²) in [6, 6.07) is 13.1. The lowest BCUT2D eigenvalue weighted by Gasteiger charge is -2.04. The van der Waals surface area contributed by atoms with Crippen molar-refractivity contribution in [3.05, 3.63) is 54.2 Å². The van der Waals surface area contributed by atoms with Gasteiger partial charge in [-0.1, -0.05) is 42.1 Å². The number of nitrogens with one attached hydrogen (secondary N) is 1. The molecule has 0 aliphatic rings. The van der Waals surface area contributed by atoms with E-state index in [9.17, 15) is 4.79 Å². The summed E-state index contributed by atoms with van der Waals surface area (Å²) in [5.74, 6) is 1.15. The number of benzene rings is 1. The van der Waals surface area contributed by atoms with Crippen molar-refractivity contribution in [2.75, 3.05) is 12.9 Å². The maximum absolute atomic E-state index is 12.3. The number of carbonyl (C=O) groups is 1. The average Bonchev–Trinajstić information content (AvgIpc) is 3.09. The third-order valence-electron chi connectivity index (χ3n) is 3.11. The number of H-pyrrole nitrogens is 1. The Hall–Kier alpha value is -2.67. The number of thioether (sulfide) groups is 1. The summed E-state index contributed by atoms with van der Waals surface area (Å²) in [6.45, 7) is 0. The van der Waals surface area contributed by atoms with Gasteiger partial charge in [0.25, 0.3) is 0 Å². The zero-order chi connectivity index (χ0) is 16.1. The number of nitrogens with zero attached hydrogens (tertiary/aromatic N) is 3. The van der Waals surface area contributed by atoms with Gasteiger partial charge in [0, 0.05) is 11.8 Å². The number of hydrogen-bond donors (Lipinski definition) is 1. The highest BCUT2D eigenvalue weighted by Crippen LogP contribution is 2.21. The standard InChI is InChI=1S/C16H14N4O2S/c1-22-15-12(8-5-9-17-15)13(21)10-23-16-18-14(19-20-16)11-6-3-2-4-7-11/h2-9H,10H2,1H3,(H,18,19,20). The van der Waals surface area contributed by atoms with Crippen LogP contribution in [0.1, 0.15) is 10.4 Å². The summed E-state index contributed by atoms with van der Waals surface area (Å²) in [4.78, 5) is 20.7. The number of Topliss-reactive ketones (excluding diaryl/α,β-unsaturated/α-hetero) is 1. The molecule has 7 heteroatoms. The van der Waals surface area contributed by atoms with E-state index in [-0.39, 0.29) is 11.5 Å². The van der Waals surface area contributed by atoms with Crippen LogP contribution in [0.2, 0.25) is 0 Å². The molecule has 1 N–H and O–H groups in total. The van der Waals surface area contributed by atoms with Crippen molar-refractivity contribution < 1.29 is 9.53 Å². The van der Waals surface area contributed by atoms with Crippen LogP contribution in [-0.4, -0.2) is 38.8 Å². The molecular weight excluding hydrogens is 312 g/mol. The molecule has 0 radical (unpaired) electrons. The molecule has 0 bridgehead atoms. The highest BCUT2D eigenvalue weighted by Gasteiger charge is 2.14. The summed E-state index contributed by atoms with van der Waals surface area (Å²) in [5.41, 5.74) is 1.41. The molecule has 0 amide bonds. The fourth-order valence-electron chi connectivity index (χ4n) is 2.01. The van der Waals surface area contributed by atoms with E-state index in [0.29, 0.717) is 22.4 Å². The lowest BCUT2D eigenvalue weighted by molar-refractivity contribution is 0.101. The highest BCUT2D eigenvalue weighted by atomic mass is 32.2. The summed E-state index contributed by atoms with van der Waals surface area (Å²) in [6.07, 6.45) is 1.59. The Kier molecular flexibility index (Phi) is 4.68. The fraction of sp³-hybridized carbons (Fsp3) is 0.125. The number of pyridine rings is 1. The number of aromatic amines is 1. The molecule has 3 aromatic rings. The van der Waals surface area contributed by atoms with Gasteiger partial charge in [0.15, 0.2) is 11.6 Å². The Morgan fingerprint density at radius 3 is 2.83 bits per heavy atom. The highest BCUT2D eigenvalue weighted by molar-refractivity contribution is 7.99. The number of ether oxygens (including phenoxy) is 1. The van der Waals surface area contributed by atoms with Crippen LogP contribution in [0.5, 0.6) is 5.88 Å². The van der Waals surface area contributed by atoms with Gasteiger partial charge in [0.2, 0.25) is 11.0 Å².